The van der Waals surface area contributed by atoms with Crippen LogP contribution in [0.4, 0.5) is 0 Å². The highest BCUT2D eigenvalue weighted by atomic mass is 35.5. The summed E-state index contributed by atoms with van der Waals surface area (Å²) in [5, 5.41) is 0. The number of likely N-dealkylation sites (tertiary alicyclic amines) is 1. The van der Waals surface area contributed by atoms with Gasteiger partial charge < -0.3 is 31.2 Å². The number of carbonyl (C=O) groups is 1. The van der Waals surface area contributed by atoms with Crippen molar-refractivity contribution in [1.82, 2.24) is 0 Å². The molecule has 0 atom stereocenters. The first kappa shape index (κ1) is 22.3. The molecule has 0 unspecified atom stereocenters. The summed E-state index contributed by atoms with van der Waals surface area (Å²) in [6.45, 7) is 8.26. The summed E-state index contributed by atoms with van der Waals surface area (Å²) in [5.74, 6) is 1.71. The predicted molar refractivity (Wildman–Crippen MR) is 103 cm³/mol. The Balaban J connectivity index is 0.00000280. The van der Waals surface area contributed by atoms with Crippen LogP contribution in [-0.4, -0.2) is 32.2 Å². The van der Waals surface area contributed by atoms with E-state index in [1.165, 1.54) is 42.8 Å². The molecule has 0 aliphatic carbocycles. The molecule has 1 saturated heterocycles. The maximum absolute atomic E-state index is 12.1. The van der Waals surface area contributed by atoms with Gasteiger partial charge in [0.05, 0.1) is 13.1 Å². The number of furan rings is 1. The maximum atomic E-state index is 12.1. The van der Waals surface area contributed by atoms with Gasteiger partial charge in [0.25, 0.3) is 0 Å². The number of ether oxygens (including phenoxy) is 2. The highest BCUT2D eigenvalue weighted by molar-refractivity contribution is 5.86. The van der Waals surface area contributed by atoms with Crippen molar-refractivity contribution in [2.45, 2.75) is 45.6 Å². The molecule has 1 aliphatic heterocycles. The van der Waals surface area contributed by atoms with Crippen LogP contribution in [-0.2, 0) is 11.3 Å². The van der Waals surface area contributed by atoms with E-state index in [1.807, 2.05) is 12.1 Å². The fourth-order valence-corrected chi connectivity index (χ4v) is 3.33. The number of hydrogen-bond donors (Lipinski definition) is 1. The van der Waals surface area contributed by atoms with E-state index in [0.29, 0.717) is 18.3 Å². The molecule has 1 aromatic carbocycles. The van der Waals surface area contributed by atoms with Crippen molar-refractivity contribution in [2.24, 2.45) is 0 Å². The Labute approximate surface area is 173 Å². The summed E-state index contributed by atoms with van der Waals surface area (Å²) in [6.07, 6.45) is 3.86. The van der Waals surface area contributed by atoms with Gasteiger partial charge in [0, 0.05) is 0 Å². The molecule has 0 bridgehead atoms. The monoisotopic (exact) mass is 407 g/mol. The van der Waals surface area contributed by atoms with Crippen LogP contribution >= 0.6 is 0 Å². The average molecular weight is 408 g/mol. The SMILES string of the molecule is CC(C)c1ccc(OCc2ccc(C(=O)OCC[NH+]3CCCCC3)o2)cc1.[Cl-]. The van der Waals surface area contributed by atoms with E-state index in [-0.39, 0.29) is 24.8 Å². The van der Waals surface area contributed by atoms with Gasteiger partial charge in [-0.3, -0.25) is 0 Å². The Morgan fingerprint density at radius 3 is 2.46 bits per heavy atom. The van der Waals surface area contributed by atoms with Gasteiger partial charge in [-0.15, -0.1) is 0 Å². The lowest BCUT2D eigenvalue weighted by Gasteiger charge is -2.22. The van der Waals surface area contributed by atoms with Crippen molar-refractivity contribution in [1.29, 1.82) is 0 Å². The number of halogens is 1. The number of esters is 1. The molecule has 154 valence electrons. The molecule has 0 saturated carbocycles. The largest absolute Gasteiger partial charge is 1.00 e. The number of quaternary nitrogens is 1. The van der Waals surface area contributed by atoms with E-state index in [4.69, 9.17) is 13.9 Å². The summed E-state index contributed by atoms with van der Waals surface area (Å²) in [5.41, 5.74) is 1.27. The Hall–Kier alpha value is -1.98. The molecule has 0 spiro atoms. The van der Waals surface area contributed by atoms with Gasteiger partial charge in [0.15, 0.2) is 0 Å². The molecule has 1 aromatic heterocycles. The topological polar surface area (TPSA) is 53.1 Å². The number of carbonyl (C=O) groups excluding carboxylic acids is 1. The number of benzene rings is 1. The average Bonchev–Trinajstić information content (AvgIpc) is 3.17. The van der Waals surface area contributed by atoms with Crippen LogP contribution in [0.25, 0.3) is 0 Å². The van der Waals surface area contributed by atoms with Crippen LogP contribution in [0.2, 0.25) is 0 Å². The molecule has 0 radical (unpaired) electrons. The third kappa shape index (κ3) is 6.57. The number of nitrogens with one attached hydrogen (secondary N) is 1. The third-order valence-corrected chi connectivity index (χ3v) is 5.04. The fourth-order valence-electron chi connectivity index (χ4n) is 3.33. The Bertz CT molecular complexity index is 720. The van der Waals surface area contributed by atoms with Crippen molar-refractivity contribution in [3.8, 4) is 5.75 Å². The molecule has 1 N–H and O–H groups in total. The van der Waals surface area contributed by atoms with Gasteiger partial charge in [0.1, 0.15) is 31.3 Å². The second kappa shape index (κ2) is 11.1. The fraction of sp³-hybridized carbons (Fsp3) is 0.500. The van der Waals surface area contributed by atoms with Crippen LogP contribution < -0.4 is 22.0 Å². The minimum Gasteiger partial charge on any atom is -1.00 e. The van der Waals surface area contributed by atoms with Gasteiger partial charge in [0.2, 0.25) is 5.76 Å². The first-order valence-electron chi connectivity index (χ1n) is 9.94. The van der Waals surface area contributed by atoms with E-state index in [9.17, 15) is 4.79 Å². The zero-order chi connectivity index (χ0) is 19.1. The standard InChI is InChI=1S/C22H29NO4.ClH/c1-17(2)18-6-8-19(9-7-18)26-16-20-10-11-21(27-20)22(24)25-15-14-23-12-4-3-5-13-23;/h6-11,17H,3-5,12-16H2,1-2H3;1H. The third-order valence-electron chi connectivity index (χ3n) is 5.04. The van der Waals surface area contributed by atoms with Gasteiger partial charge >= 0.3 is 5.97 Å². The number of piperidine rings is 1. The maximum Gasteiger partial charge on any atom is 0.374 e. The van der Waals surface area contributed by atoms with Gasteiger partial charge in [-0.25, -0.2) is 4.79 Å². The highest BCUT2D eigenvalue weighted by Gasteiger charge is 2.16. The van der Waals surface area contributed by atoms with Crippen LogP contribution in [0.1, 0.15) is 60.9 Å². The molecule has 6 heteroatoms. The zero-order valence-corrected chi connectivity index (χ0v) is 17.5. The van der Waals surface area contributed by atoms with Crippen molar-refractivity contribution in [2.75, 3.05) is 26.2 Å². The van der Waals surface area contributed by atoms with E-state index >= 15 is 0 Å². The van der Waals surface area contributed by atoms with Crippen molar-refractivity contribution in [3.05, 3.63) is 53.5 Å². The Kier molecular flexibility index (Phi) is 8.87. The Morgan fingerprint density at radius 2 is 1.79 bits per heavy atom. The predicted octanol–water partition coefficient (Wildman–Crippen LogP) is 0.212. The lowest BCUT2D eigenvalue weighted by Crippen LogP contribution is -3.13. The molecule has 1 aliphatic rings. The molecule has 1 fully saturated rings. The second-order valence-corrected chi connectivity index (χ2v) is 7.47. The van der Waals surface area contributed by atoms with E-state index in [2.05, 4.69) is 26.0 Å². The van der Waals surface area contributed by atoms with Crippen molar-refractivity contribution >= 4 is 5.97 Å². The summed E-state index contributed by atoms with van der Waals surface area (Å²) in [7, 11) is 0. The van der Waals surface area contributed by atoms with E-state index in [1.54, 1.807) is 12.1 Å². The van der Waals surface area contributed by atoms with Crippen molar-refractivity contribution in [3.63, 3.8) is 0 Å². The molecular weight excluding hydrogens is 378 g/mol. The van der Waals surface area contributed by atoms with Crippen LogP contribution in [0.3, 0.4) is 0 Å². The van der Waals surface area contributed by atoms with Crippen LogP contribution in [0.5, 0.6) is 5.75 Å². The second-order valence-electron chi connectivity index (χ2n) is 7.47. The summed E-state index contributed by atoms with van der Waals surface area (Å²) in [6, 6.07) is 11.4. The summed E-state index contributed by atoms with van der Waals surface area (Å²) >= 11 is 0. The van der Waals surface area contributed by atoms with E-state index < -0.39 is 5.97 Å². The van der Waals surface area contributed by atoms with Crippen LogP contribution in [0.15, 0.2) is 40.8 Å². The van der Waals surface area contributed by atoms with Crippen LogP contribution in [0, 0.1) is 0 Å². The Morgan fingerprint density at radius 1 is 1.07 bits per heavy atom. The first-order valence-corrected chi connectivity index (χ1v) is 9.94. The van der Waals surface area contributed by atoms with Gasteiger partial charge in [-0.1, -0.05) is 26.0 Å². The summed E-state index contributed by atoms with van der Waals surface area (Å²) in [4.78, 5) is 13.6. The first-order chi connectivity index (χ1) is 13.1. The molecule has 28 heavy (non-hydrogen) atoms. The smallest absolute Gasteiger partial charge is 0.374 e. The zero-order valence-electron chi connectivity index (χ0n) is 16.7. The molecule has 5 nitrogen and oxygen atoms in total. The van der Waals surface area contributed by atoms with E-state index in [0.717, 1.165) is 12.3 Å². The minimum absolute atomic E-state index is 0. The number of rotatable bonds is 8. The molecule has 0 amide bonds. The lowest BCUT2D eigenvalue weighted by molar-refractivity contribution is -0.905. The highest BCUT2D eigenvalue weighted by Crippen LogP contribution is 2.20. The summed E-state index contributed by atoms with van der Waals surface area (Å²) < 4.78 is 16.6. The number of hydrogen-bond acceptors (Lipinski definition) is 4. The molecule has 2 heterocycles. The molecular formula is C22H30ClNO4. The molecule has 3 rings (SSSR count). The van der Waals surface area contributed by atoms with Gasteiger partial charge in [-0.2, -0.15) is 0 Å². The minimum atomic E-state index is -0.404. The molecule has 2 aromatic rings. The lowest BCUT2D eigenvalue weighted by atomic mass is 10.0. The van der Waals surface area contributed by atoms with Gasteiger partial charge in [-0.05, 0) is 55.0 Å². The van der Waals surface area contributed by atoms with Crippen molar-refractivity contribution < 1.29 is 36.0 Å². The quantitative estimate of drug-likeness (QED) is 0.636. The normalized spacial score (nSPS) is 14.5.